The molecule has 2 rings (SSSR count). The highest BCUT2D eigenvalue weighted by molar-refractivity contribution is 5.92. The van der Waals surface area contributed by atoms with Gasteiger partial charge in [-0.25, -0.2) is 9.78 Å². The van der Waals surface area contributed by atoms with E-state index in [1.165, 1.54) is 0 Å². The van der Waals surface area contributed by atoms with Crippen molar-refractivity contribution in [1.29, 1.82) is 0 Å². The summed E-state index contributed by atoms with van der Waals surface area (Å²) in [5.74, 6) is 0.117. The molecule has 0 aliphatic carbocycles. The molecular weight excluding hydrogens is 266 g/mol. The van der Waals surface area contributed by atoms with Crippen LogP contribution in [-0.4, -0.2) is 45.2 Å². The summed E-state index contributed by atoms with van der Waals surface area (Å²) in [6, 6.07) is 5.14. The average Bonchev–Trinajstić information content (AvgIpc) is 2.85. The Bertz CT molecular complexity index is 630. The van der Waals surface area contributed by atoms with E-state index in [0.29, 0.717) is 5.56 Å². The largest absolute Gasteiger partial charge is 0.478 e. The molecule has 5 heteroatoms. The molecule has 2 aromatic rings. The van der Waals surface area contributed by atoms with Crippen molar-refractivity contribution in [3.63, 3.8) is 0 Å². The summed E-state index contributed by atoms with van der Waals surface area (Å²) in [4.78, 5) is 18.1. The minimum absolute atomic E-state index is 0.314. The summed E-state index contributed by atoms with van der Waals surface area (Å²) in [5.41, 5.74) is 2.10. The number of aromatic nitrogens is 2. The van der Waals surface area contributed by atoms with E-state index in [1.54, 1.807) is 18.2 Å². The Morgan fingerprint density at radius 3 is 2.57 bits per heavy atom. The number of aryl methyl sites for hydroxylation is 1. The maximum Gasteiger partial charge on any atom is 0.335 e. The maximum absolute atomic E-state index is 11.2. The predicted molar refractivity (Wildman–Crippen MR) is 83.9 cm³/mol. The zero-order valence-corrected chi connectivity index (χ0v) is 13.0. The number of aromatic carboxylic acids is 1. The standard InChI is InChI=1S/C16H23N3O2/c1-4-15-17-13-8-7-12(16(20)21)11-14(13)19(15)10-9-18(5-2)6-3/h7-8,11H,4-6,9-10H2,1-3H3,(H,20,21). The summed E-state index contributed by atoms with van der Waals surface area (Å²) >= 11 is 0. The molecule has 21 heavy (non-hydrogen) atoms. The molecule has 0 aliphatic heterocycles. The van der Waals surface area contributed by atoms with E-state index in [1.807, 2.05) is 0 Å². The van der Waals surface area contributed by atoms with E-state index in [9.17, 15) is 4.79 Å². The number of likely N-dealkylation sites (N-methyl/N-ethyl adjacent to an activating group) is 1. The zero-order valence-electron chi connectivity index (χ0n) is 13.0. The van der Waals surface area contributed by atoms with E-state index in [4.69, 9.17) is 5.11 Å². The van der Waals surface area contributed by atoms with Crippen molar-refractivity contribution < 1.29 is 9.90 Å². The lowest BCUT2D eigenvalue weighted by Crippen LogP contribution is -2.27. The lowest BCUT2D eigenvalue weighted by atomic mass is 10.2. The molecule has 1 aromatic carbocycles. The molecule has 0 saturated heterocycles. The Hall–Kier alpha value is -1.88. The van der Waals surface area contributed by atoms with Crippen molar-refractivity contribution in [2.45, 2.75) is 33.7 Å². The summed E-state index contributed by atoms with van der Waals surface area (Å²) in [7, 11) is 0. The van der Waals surface area contributed by atoms with E-state index < -0.39 is 5.97 Å². The van der Waals surface area contributed by atoms with Crippen LogP contribution in [0.15, 0.2) is 18.2 Å². The lowest BCUT2D eigenvalue weighted by molar-refractivity contribution is 0.0697. The van der Waals surface area contributed by atoms with Crippen LogP contribution in [0.2, 0.25) is 0 Å². The summed E-state index contributed by atoms with van der Waals surface area (Å²) < 4.78 is 2.15. The first-order valence-electron chi connectivity index (χ1n) is 7.55. The van der Waals surface area contributed by atoms with Gasteiger partial charge in [-0.05, 0) is 31.3 Å². The highest BCUT2D eigenvalue weighted by atomic mass is 16.4. The summed E-state index contributed by atoms with van der Waals surface area (Å²) in [5, 5.41) is 9.16. The second-order valence-corrected chi connectivity index (χ2v) is 5.07. The maximum atomic E-state index is 11.2. The number of fused-ring (bicyclic) bond motifs is 1. The van der Waals surface area contributed by atoms with Gasteiger partial charge in [0, 0.05) is 19.5 Å². The number of benzene rings is 1. The van der Waals surface area contributed by atoms with Crippen LogP contribution >= 0.6 is 0 Å². The average molecular weight is 289 g/mol. The first kappa shape index (κ1) is 15.5. The molecule has 0 unspecified atom stereocenters. The van der Waals surface area contributed by atoms with Gasteiger partial charge in [-0.15, -0.1) is 0 Å². The van der Waals surface area contributed by atoms with Crippen molar-refractivity contribution >= 4 is 17.0 Å². The molecule has 1 N–H and O–H groups in total. The number of nitrogens with zero attached hydrogens (tertiary/aromatic N) is 3. The number of carboxylic acid groups (broad SMARTS) is 1. The van der Waals surface area contributed by atoms with Gasteiger partial charge in [0.15, 0.2) is 0 Å². The van der Waals surface area contributed by atoms with Crippen molar-refractivity contribution in [3.05, 3.63) is 29.6 Å². The van der Waals surface area contributed by atoms with Crippen LogP contribution < -0.4 is 0 Å². The second-order valence-electron chi connectivity index (χ2n) is 5.07. The molecule has 1 aromatic heterocycles. The molecule has 0 bridgehead atoms. The lowest BCUT2D eigenvalue weighted by Gasteiger charge is -2.19. The van der Waals surface area contributed by atoms with Crippen LogP contribution in [0.25, 0.3) is 11.0 Å². The van der Waals surface area contributed by atoms with Crippen molar-refractivity contribution in [2.24, 2.45) is 0 Å². The molecule has 0 atom stereocenters. The smallest absolute Gasteiger partial charge is 0.335 e. The molecule has 0 spiro atoms. The van der Waals surface area contributed by atoms with Crippen LogP contribution in [0.4, 0.5) is 0 Å². The number of carboxylic acids is 1. The quantitative estimate of drug-likeness (QED) is 0.851. The van der Waals surface area contributed by atoms with Crippen LogP contribution in [0.5, 0.6) is 0 Å². The number of rotatable bonds is 7. The third kappa shape index (κ3) is 3.24. The number of hydrogen-bond donors (Lipinski definition) is 1. The Labute approximate surface area is 125 Å². The third-order valence-corrected chi connectivity index (χ3v) is 3.92. The van der Waals surface area contributed by atoms with Gasteiger partial charge in [0.1, 0.15) is 5.82 Å². The molecule has 0 saturated carbocycles. The number of imidazole rings is 1. The first-order chi connectivity index (χ1) is 10.1. The van der Waals surface area contributed by atoms with Gasteiger partial charge in [0.25, 0.3) is 0 Å². The van der Waals surface area contributed by atoms with Crippen LogP contribution in [0, 0.1) is 0 Å². The van der Waals surface area contributed by atoms with Gasteiger partial charge < -0.3 is 14.6 Å². The first-order valence-corrected chi connectivity index (χ1v) is 7.55. The van der Waals surface area contributed by atoms with Gasteiger partial charge in [-0.3, -0.25) is 0 Å². The summed E-state index contributed by atoms with van der Waals surface area (Å²) in [6.45, 7) is 10.2. The van der Waals surface area contributed by atoms with E-state index in [2.05, 4.69) is 35.2 Å². The molecule has 114 valence electrons. The fraction of sp³-hybridized carbons (Fsp3) is 0.500. The van der Waals surface area contributed by atoms with Crippen molar-refractivity contribution in [3.8, 4) is 0 Å². The van der Waals surface area contributed by atoms with Gasteiger partial charge in [0.2, 0.25) is 0 Å². The number of carbonyl (C=O) groups is 1. The molecular formula is C16H23N3O2. The highest BCUT2D eigenvalue weighted by Crippen LogP contribution is 2.19. The Balaban J connectivity index is 2.38. The predicted octanol–water partition coefficient (Wildman–Crippen LogP) is 2.64. The SMILES string of the molecule is CCc1nc2ccc(C(=O)O)cc2n1CCN(CC)CC. The Morgan fingerprint density at radius 2 is 2.00 bits per heavy atom. The third-order valence-electron chi connectivity index (χ3n) is 3.92. The Kier molecular flexibility index (Phi) is 4.96. The zero-order chi connectivity index (χ0) is 15.4. The second kappa shape index (κ2) is 6.72. The minimum atomic E-state index is -0.897. The van der Waals surface area contributed by atoms with Gasteiger partial charge in [-0.2, -0.15) is 0 Å². The summed E-state index contributed by atoms with van der Waals surface area (Å²) in [6.07, 6.45) is 0.843. The molecule has 0 fully saturated rings. The van der Waals surface area contributed by atoms with E-state index >= 15 is 0 Å². The van der Waals surface area contributed by atoms with Crippen molar-refractivity contribution in [2.75, 3.05) is 19.6 Å². The van der Waals surface area contributed by atoms with Crippen LogP contribution in [0.3, 0.4) is 0 Å². The van der Waals surface area contributed by atoms with Gasteiger partial charge >= 0.3 is 5.97 Å². The molecule has 1 heterocycles. The number of hydrogen-bond acceptors (Lipinski definition) is 3. The Morgan fingerprint density at radius 1 is 1.29 bits per heavy atom. The van der Waals surface area contributed by atoms with Crippen LogP contribution in [0.1, 0.15) is 37.0 Å². The monoisotopic (exact) mass is 289 g/mol. The fourth-order valence-electron chi connectivity index (χ4n) is 2.61. The molecule has 0 aliphatic rings. The van der Waals surface area contributed by atoms with Crippen molar-refractivity contribution in [1.82, 2.24) is 14.5 Å². The normalized spacial score (nSPS) is 11.4. The topological polar surface area (TPSA) is 58.4 Å². The van der Waals surface area contributed by atoms with E-state index in [-0.39, 0.29) is 0 Å². The highest BCUT2D eigenvalue weighted by Gasteiger charge is 2.13. The van der Waals surface area contributed by atoms with Gasteiger partial charge in [-0.1, -0.05) is 20.8 Å². The van der Waals surface area contributed by atoms with Gasteiger partial charge in [0.05, 0.1) is 16.6 Å². The van der Waals surface area contributed by atoms with E-state index in [0.717, 1.165) is 49.5 Å². The minimum Gasteiger partial charge on any atom is -0.478 e. The molecule has 0 radical (unpaired) electrons. The molecule has 0 amide bonds. The fourth-order valence-corrected chi connectivity index (χ4v) is 2.61. The molecule has 5 nitrogen and oxygen atoms in total. The van der Waals surface area contributed by atoms with Crippen LogP contribution in [-0.2, 0) is 13.0 Å².